The molecule has 1 aliphatic rings. The molecule has 0 aromatic carbocycles. The Morgan fingerprint density at radius 3 is 2.08 bits per heavy atom. The lowest BCUT2D eigenvalue weighted by Gasteiger charge is -2.19. The van der Waals surface area contributed by atoms with Crippen molar-refractivity contribution in [2.75, 3.05) is 0 Å². The van der Waals surface area contributed by atoms with Gasteiger partial charge in [0.1, 0.15) is 0 Å². The molecular formula is C10H18O2. The van der Waals surface area contributed by atoms with Crippen LogP contribution >= 0.6 is 0 Å². The van der Waals surface area contributed by atoms with Crippen LogP contribution in [0.3, 0.4) is 0 Å². The predicted octanol–water partition coefficient (Wildman–Crippen LogP) is 2.68. The van der Waals surface area contributed by atoms with E-state index in [9.17, 15) is 4.79 Å². The highest BCUT2D eigenvalue weighted by Gasteiger charge is 2.19. The van der Waals surface area contributed by atoms with Gasteiger partial charge in [0.25, 0.3) is 0 Å². The van der Waals surface area contributed by atoms with Crippen molar-refractivity contribution in [3.05, 3.63) is 0 Å². The molecule has 1 fully saturated rings. The molecule has 0 radical (unpaired) electrons. The minimum atomic E-state index is -0.593. The van der Waals surface area contributed by atoms with Gasteiger partial charge < -0.3 is 5.11 Å². The van der Waals surface area contributed by atoms with Crippen LogP contribution in [-0.2, 0) is 4.79 Å². The van der Waals surface area contributed by atoms with Crippen molar-refractivity contribution >= 4 is 5.97 Å². The third-order valence-corrected chi connectivity index (χ3v) is 2.85. The van der Waals surface area contributed by atoms with Gasteiger partial charge >= 0.3 is 5.97 Å². The lowest BCUT2D eigenvalue weighted by molar-refractivity contribution is -0.142. The molecule has 0 amide bonds. The second kappa shape index (κ2) is 4.48. The maximum absolute atomic E-state index is 10.7. The van der Waals surface area contributed by atoms with Crippen molar-refractivity contribution in [2.24, 2.45) is 11.8 Å². The first kappa shape index (κ1) is 9.56. The first-order valence-electron chi connectivity index (χ1n) is 4.93. The second-order valence-corrected chi connectivity index (χ2v) is 4.00. The quantitative estimate of drug-likeness (QED) is 0.657. The number of carboxylic acid groups (broad SMARTS) is 1. The summed E-state index contributed by atoms with van der Waals surface area (Å²) in [5, 5.41) is 8.82. The Labute approximate surface area is 74.0 Å². The van der Waals surface area contributed by atoms with Crippen LogP contribution in [0.25, 0.3) is 0 Å². The van der Waals surface area contributed by atoms with Crippen LogP contribution in [0, 0.1) is 11.8 Å². The van der Waals surface area contributed by atoms with Gasteiger partial charge in [-0.1, -0.05) is 32.6 Å². The smallest absolute Gasteiger partial charge is 0.306 e. The van der Waals surface area contributed by atoms with E-state index in [2.05, 4.69) is 6.92 Å². The highest BCUT2D eigenvalue weighted by atomic mass is 16.4. The zero-order valence-electron chi connectivity index (χ0n) is 7.75. The molecule has 1 N–H and O–H groups in total. The zero-order valence-corrected chi connectivity index (χ0v) is 7.75. The SMILES string of the molecule is CC1CCCC(C(=O)O)CCC1. The van der Waals surface area contributed by atoms with E-state index < -0.39 is 5.97 Å². The van der Waals surface area contributed by atoms with Crippen molar-refractivity contribution in [3.63, 3.8) is 0 Å². The second-order valence-electron chi connectivity index (χ2n) is 4.00. The summed E-state index contributed by atoms with van der Waals surface area (Å²) in [5.41, 5.74) is 0. The van der Waals surface area contributed by atoms with Gasteiger partial charge in [-0.05, 0) is 18.8 Å². The summed E-state index contributed by atoms with van der Waals surface area (Å²) < 4.78 is 0. The van der Waals surface area contributed by atoms with Crippen LogP contribution in [0.4, 0.5) is 0 Å². The Bertz CT molecular complexity index is 144. The van der Waals surface area contributed by atoms with Crippen molar-refractivity contribution in [3.8, 4) is 0 Å². The topological polar surface area (TPSA) is 37.3 Å². The van der Waals surface area contributed by atoms with Crippen molar-refractivity contribution in [2.45, 2.75) is 45.4 Å². The number of rotatable bonds is 1. The van der Waals surface area contributed by atoms with E-state index in [1.165, 1.54) is 12.8 Å². The minimum absolute atomic E-state index is 0.0579. The molecule has 0 bridgehead atoms. The summed E-state index contributed by atoms with van der Waals surface area (Å²) >= 11 is 0. The molecule has 0 unspecified atom stereocenters. The Balaban J connectivity index is 2.35. The molecular weight excluding hydrogens is 152 g/mol. The molecule has 1 rings (SSSR count). The van der Waals surface area contributed by atoms with E-state index in [4.69, 9.17) is 5.11 Å². The molecule has 0 heterocycles. The van der Waals surface area contributed by atoms with Crippen molar-refractivity contribution in [1.82, 2.24) is 0 Å². The van der Waals surface area contributed by atoms with Crippen molar-refractivity contribution < 1.29 is 9.90 Å². The number of aliphatic carboxylic acids is 1. The van der Waals surface area contributed by atoms with Crippen LogP contribution in [0.2, 0.25) is 0 Å². The summed E-state index contributed by atoms with van der Waals surface area (Å²) in [6.45, 7) is 2.26. The van der Waals surface area contributed by atoms with E-state index in [0.29, 0.717) is 0 Å². The maximum Gasteiger partial charge on any atom is 0.306 e. The molecule has 1 aliphatic carbocycles. The molecule has 2 heteroatoms. The van der Waals surface area contributed by atoms with Gasteiger partial charge in [0.15, 0.2) is 0 Å². The Hall–Kier alpha value is -0.530. The fraction of sp³-hybridized carbons (Fsp3) is 0.900. The first-order valence-corrected chi connectivity index (χ1v) is 4.93. The Morgan fingerprint density at radius 2 is 1.67 bits per heavy atom. The van der Waals surface area contributed by atoms with Crippen LogP contribution < -0.4 is 0 Å². The van der Waals surface area contributed by atoms with Gasteiger partial charge in [-0.15, -0.1) is 0 Å². The number of carboxylic acids is 1. The summed E-state index contributed by atoms with van der Waals surface area (Å²) in [6.07, 6.45) is 6.39. The van der Waals surface area contributed by atoms with E-state index in [0.717, 1.165) is 31.6 Å². The van der Waals surface area contributed by atoms with Crippen LogP contribution in [0.1, 0.15) is 45.4 Å². The summed E-state index contributed by atoms with van der Waals surface area (Å²) in [5.74, 6) is 0.154. The van der Waals surface area contributed by atoms with E-state index in [-0.39, 0.29) is 5.92 Å². The molecule has 2 nitrogen and oxygen atoms in total. The van der Waals surface area contributed by atoms with E-state index >= 15 is 0 Å². The molecule has 0 aromatic rings. The van der Waals surface area contributed by atoms with Gasteiger partial charge in [-0.25, -0.2) is 0 Å². The molecule has 0 atom stereocenters. The first-order chi connectivity index (χ1) is 5.70. The van der Waals surface area contributed by atoms with Crippen molar-refractivity contribution in [1.29, 1.82) is 0 Å². The van der Waals surface area contributed by atoms with E-state index in [1.807, 2.05) is 0 Å². The fourth-order valence-corrected chi connectivity index (χ4v) is 1.96. The summed E-state index contributed by atoms with van der Waals surface area (Å²) in [4.78, 5) is 10.7. The standard InChI is InChI=1S/C10H18O2/c1-8-4-2-6-9(10(11)12)7-3-5-8/h8-9H,2-7H2,1H3,(H,11,12). The number of carbonyl (C=O) groups is 1. The van der Waals surface area contributed by atoms with Gasteiger partial charge in [0.2, 0.25) is 0 Å². The van der Waals surface area contributed by atoms with Crippen LogP contribution in [-0.4, -0.2) is 11.1 Å². The van der Waals surface area contributed by atoms with Gasteiger partial charge in [-0.3, -0.25) is 4.79 Å². The number of hydrogen-bond donors (Lipinski definition) is 1. The molecule has 0 aliphatic heterocycles. The average molecular weight is 170 g/mol. The maximum atomic E-state index is 10.7. The normalized spacial score (nSPS) is 32.1. The van der Waals surface area contributed by atoms with Crippen LogP contribution in [0.15, 0.2) is 0 Å². The monoisotopic (exact) mass is 170 g/mol. The van der Waals surface area contributed by atoms with Gasteiger partial charge in [0, 0.05) is 0 Å². The summed E-state index contributed by atoms with van der Waals surface area (Å²) in [7, 11) is 0. The minimum Gasteiger partial charge on any atom is -0.481 e. The zero-order chi connectivity index (χ0) is 8.97. The van der Waals surface area contributed by atoms with Gasteiger partial charge in [0.05, 0.1) is 5.92 Å². The molecule has 70 valence electrons. The predicted molar refractivity (Wildman–Crippen MR) is 48.0 cm³/mol. The fourth-order valence-electron chi connectivity index (χ4n) is 1.96. The third-order valence-electron chi connectivity index (χ3n) is 2.85. The molecule has 0 aromatic heterocycles. The van der Waals surface area contributed by atoms with Crippen LogP contribution in [0.5, 0.6) is 0 Å². The highest BCUT2D eigenvalue weighted by Crippen LogP contribution is 2.25. The van der Waals surface area contributed by atoms with E-state index in [1.54, 1.807) is 0 Å². The Kier molecular flexibility index (Phi) is 3.57. The number of hydrogen-bond acceptors (Lipinski definition) is 1. The molecule has 12 heavy (non-hydrogen) atoms. The molecule has 0 saturated heterocycles. The lowest BCUT2D eigenvalue weighted by atomic mass is 9.87. The molecule has 1 saturated carbocycles. The lowest BCUT2D eigenvalue weighted by Crippen LogP contribution is -2.16. The van der Waals surface area contributed by atoms with Gasteiger partial charge in [-0.2, -0.15) is 0 Å². The average Bonchev–Trinajstić information content (AvgIpc) is 1.95. The summed E-state index contributed by atoms with van der Waals surface area (Å²) in [6, 6.07) is 0. The largest absolute Gasteiger partial charge is 0.481 e. The Morgan fingerprint density at radius 1 is 1.17 bits per heavy atom. The third kappa shape index (κ3) is 2.84. The molecule has 0 spiro atoms. The highest BCUT2D eigenvalue weighted by molar-refractivity contribution is 5.69.